The molecule has 0 aliphatic rings. The van der Waals surface area contributed by atoms with Crippen molar-refractivity contribution < 1.29 is 4.79 Å². The molecule has 0 spiro atoms. The van der Waals surface area contributed by atoms with Gasteiger partial charge in [-0.15, -0.1) is 0 Å². The van der Waals surface area contributed by atoms with Gasteiger partial charge in [-0.05, 0) is 51.5 Å². The van der Waals surface area contributed by atoms with Crippen LogP contribution in [0.25, 0.3) is 0 Å². The van der Waals surface area contributed by atoms with Gasteiger partial charge in [0.05, 0.1) is 23.4 Å². The Morgan fingerprint density at radius 2 is 1.84 bits per heavy atom. The van der Waals surface area contributed by atoms with Gasteiger partial charge in [-0.3, -0.25) is 9.78 Å². The first-order valence-corrected chi connectivity index (χ1v) is 8.50. The molecule has 0 unspecified atom stereocenters. The summed E-state index contributed by atoms with van der Waals surface area (Å²) in [7, 11) is 0. The lowest BCUT2D eigenvalue weighted by Crippen LogP contribution is -2.31. The molecule has 1 heterocycles. The Morgan fingerprint density at radius 1 is 1.20 bits per heavy atom. The Morgan fingerprint density at radius 3 is 2.40 bits per heavy atom. The van der Waals surface area contributed by atoms with Gasteiger partial charge >= 0.3 is 0 Å². The number of likely N-dealkylation sites (N-methyl/N-ethyl adjacent to an activating group) is 1. The van der Waals surface area contributed by atoms with Crippen molar-refractivity contribution in [1.29, 1.82) is 5.26 Å². The summed E-state index contributed by atoms with van der Waals surface area (Å²) >= 11 is 0. The Balaban J connectivity index is 2.14. The van der Waals surface area contributed by atoms with Crippen LogP contribution in [0.15, 0.2) is 30.3 Å². The molecule has 0 radical (unpaired) electrons. The van der Waals surface area contributed by atoms with Crippen LogP contribution in [-0.4, -0.2) is 28.9 Å². The predicted molar refractivity (Wildman–Crippen MR) is 99.8 cm³/mol. The summed E-state index contributed by atoms with van der Waals surface area (Å²) in [6.45, 7) is 9.17. The first kappa shape index (κ1) is 18.5. The zero-order valence-electron chi connectivity index (χ0n) is 15.3. The number of anilines is 2. The summed E-state index contributed by atoms with van der Waals surface area (Å²) in [6.07, 6.45) is 0.402. The number of aryl methyl sites for hydroxylation is 2. The second-order valence-corrected chi connectivity index (χ2v) is 5.95. The summed E-state index contributed by atoms with van der Waals surface area (Å²) in [5.74, 6) is 0.137. The highest BCUT2D eigenvalue weighted by molar-refractivity contribution is 5.79. The van der Waals surface area contributed by atoms with Crippen LogP contribution in [0.4, 0.5) is 11.4 Å². The molecule has 1 amide bonds. The standard InChI is InChI=1S/C20H24N4O/c1-5-24(6-2)20(25)12-16-7-9-17(10-8-16)23-19-11-14(3)22-15(4)18(19)13-21/h7-11H,5-6,12H2,1-4H3,(H,22,23). The highest BCUT2D eigenvalue weighted by Gasteiger charge is 2.11. The van der Waals surface area contributed by atoms with E-state index in [4.69, 9.17) is 0 Å². The van der Waals surface area contributed by atoms with Crippen LogP contribution in [0, 0.1) is 25.2 Å². The van der Waals surface area contributed by atoms with E-state index in [2.05, 4.69) is 16.4 Å². The molecule has 1 aromatic carbocycles. The van der Waals surface area contributed by atoms with Crippen molar-refractivity contribution in [3.63, 3.8) is 0 Å². The molecule has 0 aliphatic heterocycles. The molecule has 0 fully saturated rings. The summed E-state index contributed by atoms with van der Waals surface area (Å²) in [5, 5.41) is 12.6. The first-order valence-electron chi connectivity index (χ1n) is 8.50. The van der Waals surface area contributed by atoms with E-state index in [1.54, 1.807) is 0 Å². The van der Waals surface area contributed by atoms with Crippen molar-refractivity contribution in [1.82, 2.24) is 9.88 Å². The minimum Gasteiger partial charge on any atom is -0.354 e. The van der Waals surface area contributed by atoms with Gasteiger partial charge in [0.15, 0.2) is 0 Å². The summed E-state index contributed by atoms with van der Waals surface area (Å²) in [6, 6.07) is 11.8. The molecule has 25 heavy (non-hydrogen) atoms. The fraction of sp³-hybridized carbons (Fsp3) is 0.350. The minimum atomic E-state index is 0.137. The van der Waals surface area contributed by atoms with Gasteiger partial charge in [0.1, 0.15) is 6.07 Å². The third-order valence-electron chi connectivity index (χ3n) is 4.14. The van der Waals surface area contributed by atoms with Crippen molar-refractivity contribution in [3.05, 3.63) is 52.8 Å². The Labute approximate surface area is 149 Å². The molecule has 5 nitrogen and oxygen atoms in total. The number of nitrogens with zero attached hydrogens (tertiary/aromatic N) is 3. The minimum absolute atomic E-state index is 0.137. The van der Waals surface area contributed by atoms with Crippen LogP contribution in [0.3, 0.4) is 0 Å². The summed E-state index contributed by atoms with van der Waals surface area (Å²) in [4.78, 5) is 18.3. The number of nitrogens with one attached hydrogen (secondary N) is 1. The van der Waals surface area contributed by atoms with Crippen LogP contribution in [0.5, 0.6) is 0 Å². The summed E-state index contributed by atoms with van der Waals surface area (Å²) < 4.78 is 0. The zero-order chi connectivity index (χ0) is 18.4. The maximum Gasteiger partial charge on any atom is 0.226 e. The number of rotatable bonds is 6. The third-order valence-corrected chi connectivity index (χ3v) is 4.14. The van der Waals surface area contributed by atoms with Crippen molar-refractivity contribution in [2.45, 2.75) is 34.1 Å². The van der Waals surface area contributed by atoms with Gasteiger partial charge in [-0.2, -0.15) is 5.26 Å². The van der Waals surface area contributed by atoms with E-state index in [1.807, 2.05) is 62.9 Å². The number of benzene rings is 1. The van der Waals surface area contributed by atoms with Crippen molar-refractivity contribution in [2.75, 3.05) is 18.4 Å². The predicted octanol–water partition coefficient (Wildman–Crippen LogP) is 3.72. The van der Waals surface area contributed by atoms with Gasteiger partial charge in [0, 0.05) is 24.5 Å². The van der Waals surface area contributed by atoms with Crippen molar-refractivity contribution in [3.8, 4) is 6.07 Å². The molecule has 5 heteroatoms. The van der Waals surface area contributed by atoms with Gasteiger partial charge in [0.2, 0.25) is 5.91 Å². The van der Waals surface area contributed by atoms with Crippen LogP contribution in [-0.2, 0) is 11.2 Å². The van der Waals surface area contributed by atoms with E-state index in [-0.39, 0.29) is 5.91 Å². The Hall–Kier alpha value is -2.87. The van der Waals surface area contributed by atoms with E-state index >= 15 is 0 Å². The number of carbonyl (C=O) groups excluding carboxylic acids is 1. The third kappa shape index (κ3) is 4.57. The largest absolute Gasteiger partial charge is 0.354 e. The molecule has 1 N–H and O–H groups in total. The number of pyridine rings is 1. The highest BCUT2D eigenvalue weighted by atomic mass is 16.2. The lowest BCUT2D eigenvalue weighted by Gasteiger charge is -2.18. The van der Waals surface area contributed by atoms with E-state index in [0.29, 0.717) is 17.7 Å². The molecule has 130 valence electrons. The Kier molecular flexibility index (Phi) is 6.13. The van der Waals surface area contributed by atoms with Crippen LogP contribution in [0.1, 0.15) is 36.4 Å². The number of amides is 1. The lowest BCUT2D eigenvalue weighted by molar-refractivity contribution is -0.130. The average molecular weight is 336 g/mol. The van der Waals surface area contributed by atoms with Crippen molar-refractivity contribution in [2.24, 2.45) is 0 Å². The average Bonchev–Trinajstić information content (AvgIpc) is 2.57. The fourth-order valence-electron chi connectivity index (χ4n) is 2.79. The molecular formula is C20H24N4O. The molecular weight excluding hydrogens is 312 g/mol. The number of hydrogen-bond acceptors (Lipinski definition) is 4. The number of aromatic nitrogens is 1. The smallest absolute Gasteiger partial charge is 0.226 e. The van der Waals surface area contributed by atoms with Gasteiger partial charge in [-0.25, -0.2) is 0 Å². The second kappa shape index (κ2) is 8.29. The van der Waals surface area contributed by atoms with E-state index in [9.17, 15) is 10.1 Å². The number of nitriles is 1. The quantitative estimate of drug-likeness (QED) is 0.873. The Bertz CT molecular complexity index is 787. The molecule has 1 aromatic heterocycles. The van der Waals surface area contributed by atoms with Crippen molar-refractivity contribution >= 4 is 17.3 Å². The molecule has 0 atom stereocenters. The van der Waals surface area contributed by atoms with Gasteiger partial charge in [0.25, 0.3) is 0 Å². The van der Waals surface area contributed by atoms with Crippen LogP contribution >= 0.6 is 0 Å². The monoisotopic (exact) mass is 336 g/mol. The molecule has 0 saturated carbocycles. The van der Waals surface area contributed by atoms with Crippen LogP contribution < -0.4 is 5.32 Å². The fourth-order valence-corrected chi connectivity index (χ4v) is 2.79. The zero-order valence-corrected chi connectivity index (χ0v) is 15.3. The normalized spacial score (nSPS) is 10.2. The number of carbonyl (C=O) groups is 1. The molecule has 0 aliphatic carbocycles. The topological polar surface area (TPSA) is 69.0 Å². The van der Waals surface area contributed by atoms with Crippen LogP contribution in [0.2, 0.25) is 0 Å². The maximum absolute atomic E-state index is 12.2. The van der Waals surface area contributed by atoms with E-state index in [1.165, 1.54) is 0 Å². The van der Waals surface area contributed by atoms with E-state index in [0.717, 1.165) is 35.7 Å². The van der Waals surface area contributed by atoms with Gasteiger partial charge in [-0.1, -0.05) is 12.1 Å². The molecule has 0 bridgehead atoms. The first-order chi connectivity index (χ1) is 12.0. The lowest BCUT2D eigenvalue weighted by atomic mass is 10.1. The van der Waals surface area contributed by atoms with Gasteiger partial charge < -0.3 is 10.2 Å². The second-order valence-electron chi connectivity index (χ2n) is 5.95. The maximum atomic E-state index is 12.2. The molecule has 2 rings (SSSR count). The number of hydrogen-bond donors (Lipinski definition) is 1. The SMILES string of the molecule is CCN(CC)C(=O)Cc1ccc(Nc2cc(C)nc(C)c2C#N)cc1. The molecule has 2 aromatic rings. The highest BCUT2D eigenvalue weighted by Crippen LogP contribution is 2.23. The molecule has 0 saturated heterocycles. The summed E-state index contributed by atoms with van der Waals surface area (Å²) in [5.41, 5.74) is 4.73. The van der Waals surface area contributed by atoms with E-state index < -0.39 is 0 Å².